The first-order valence-corrected chi connectivity index (χ1v) is 8.34. The molecule has 7 heteroatoms. The zero-order valence-corrected chi connectivity index (χ0v) is 13.5. The lowest BCUT2D eigenvalue weighted by molar-refractivity contribution is 0.0925. The van der Waals surface area contributed by atoms with E-state index in [0.29, 0.717) is 11.5 Å². The van der Waals surface area contributed by atoms with Crippen LogP contribution in [0.1, 0.15) is 59.7 Å². The maximum absolute atomic E-state index is 12.7. The van der Waals surface area contributed by atoms with Crippen molar-refractivity contribution >= 4 is 11.7 Å². The topological polar surface area (TPSA) is 85.3 Å². The maximum Gasteiger partial charge on any atom is 0.274 e. The van der Waals surface area contributed by atoms with Crippen molar-refractivity contribution < 1.29 is 9.32 Å². The summed E-state index contributed by atoms with van der Waals surface area (Å²) in [5, 5.41) is 7.03. The van der Waals surface area contributed by atoms with Gasteiger partial charge in [0.15, 0.2) is 5.69 Å². The number of nitrogens with zero attached hydrogens (tertiary/aromatic N) is 4. The lowest BCUT2D eigenvalue weighted by Gasteiger charge is -2.14. The van der Waals surface area contributed by atoms with Gasteiger partial charge in [-0.05, 0) is 31.7 Å². The second-order valence-corrected chi connectivity index (χ2v) is 6.07. The summed E-state index contributed by atoms with van der Waals surface area (Å²) in [5.74, 6) is 1.29. The highest BCUT2D eigenvalue weighted by Gasteiger charge is 2.26. The third kappa shape index (κ3) is 2.55. The van der Waals surface area contributed by atoms with Gasteiger partial charge in [0, 0.05) is 30.6 Å². The quantitative estimate of drug-likeness (QED) is 0.796. The van der Waals surface area contributed by atoms with Crippen molar-refractivity contribution in [2.75, 3.05) is 0 Å². The smallest absolute Gasteiger partial charge is 0.274 e. The molecule has 0 aromatic carbocycles. The second-order valence-electron chi connectivity index (χ2n) is 6.07. The maximum atomic E-state index is 12.7. The molecule has 3 heterocycles. The van der Waals surface area contributed by atoms with Crippen LogP contribution in [0.4, 0.5) is 0 Å². The van der Waals surface area contributed by atoms with Crippen LogP contribution in [0.2, 0.25) is 0 Å². The average Bonchev–Trinajstić information content (AvgIpc) is 3.23. The van der Waals surface area contributed by atoms with Gasteiger partial charge < -0.3 is 9.84 Å². The van der Waals surface area contributed by atoms with Gasteiger partial charge in [0.05, 0.1) is 11.7 Å². The van der Waals surface area contributed by atoms with E-state index in [2.05, 4.69) is 20.4 Å². The summed E-state index contributed by atoms with van der Waals surface area (Å²) in [6.07, 6.45) is 10.1. The minimum absolute atomic E-state index is 0.185. The summed E-state index contributed by atoms with van der Waals surface area (Å²) in [7, 11) is 0. The molecule has 4 rings (SSSR count). The molecule has 0 aliphatic heterocycles. The molecule has 1 atom stereocenters. The van der Waals surface area contributed by atoms with E-state index < -0.39 is 0 Å². The number of rotatable bonds is 4. The summed E-state index contributed by atoms with van der Waals surface area (Å²) in [4.78, 5) is 21.4. The van der Waals surface area contributed by atoms with Gasteiger partial charge in [-0.3, -0.25) is 9.20 Å². The Hall–Kier alpha value is -2.70. The average molecular weight is 325 g/mol. The number of hydrogen-bond acceptors (Lipinski definition) is 5. The van der Waals surface area contributed by atoms with E-state index in [1.54, 1.807) is 6.20 Å². The van der Waals surface area contributed by atoms with Gasteiger partial charge in [-0.25, -0.2) is 9.97 Å². The molecule has 124 valence electrons. The Labute approximate surface area is 139 Å². The Morgan fingerprint density at radius 1 is 1.42 bits per heavy atom. The van der Waals surface area contributed by atoms with E-state index in [1.165, 1.54) is 0 Å². The third-order valence-electron chi connectivity index (χ3n) is 4.49. The van der Waals surface area contributed by atoms with E-state index in [4.69, 9.17) is 4.52 Å². The van der Waals surface area contributed by atoms with Gasteiger partial charge in [0.1, 0.15) is 5.76 Å². The van der Waals surface area contributed by atoms with Gasteiger partial charge in [-0.1, -0.05) is 12.1 Å². The molecule has 0 radical (unpaired) electrons. The number of aromatic nitrogens is 4. The van der Waals surface area contributed by atoms with Gasteiger partial charge in [-0.2, -0.15) is 0 Å². The largest absolute Gasteiger partial charge is 0.360 e. The van der Waals surface area contributed by atoms with Crippen LogP contribution in [0.25, 0.3) is 5.78 Å². The number of amides is 1. The molecule has 0 bridgehead atoms. The predicted molar refractivity (Wildman–Crippen MR) is 86.6 cm³/mol. The Bertz CT molecular complexity index is 849. The van der Waals surface area contributed by atoms with Crippen LogP contribution in [0.15, 0.2) is 29.2 Å². The van der Waals surface area contributed by atoms with Gasteiger partial charge in [0.25, 0.3) is 5.91 Å². The number of hydrogen-bond donors (Lipinski definition) is 1. The second kappa shape index (κ2) is 6.07. The highest BCUT2D eigenvalue weighted by atomic mass is 16.5. The standard InChI is InChI=1S/C17H19N5O2/c1-2-12(13-10-22-9-5-8-18-17(22)20-13)19-16(23)15-11-6-3-4-7-14(11)24-21-15/h5,8-10,12H,2-4,6-7H2,1H3,(H,19,23). The van der Waals surface area contributed by atoms with Crippen LogP contribution in [0.3, 0.4) is 0 Å². The fourth-order valence-corrected chi connectivity index (χ4v) is 3.19. The van der Waals surface area contributed by atoms with E-state index >= 15 is 0 Å². The highest BCUT2D eigenvalue weighted by molar-refractivity contribution is 5.94. The van der Waals surface area contributed by atoms with Crippen LogP contribution in [-0.4, -0.2) is 25.4 Å². The fraction of sp³-hybridized carbons (Fsp3) is 0.412. The van der Waals surface area contributed by atoms with E-state index in [1.807, 2.05) is 29.8 Å². The molecule has 0 spiro atoms. The van der Waals surface area contributed by atoms with Crippen LogP contribution in [0, 0.1) is 0 Å². The predicted octanol–water partition coefficient (Wildman–Crippen LogP) is 2.48. The number of fused-ring (bicyclic) bond motifs is 2. The van der Waals surface area contributed by atoms with E-state index in [9.17, 15) is 4.79 Å². The van der Waals surface area contributed by atoms with Gasteiger partial charge >= 0.3 is 0 Å². The minimum atomic E-state index is -0.196. The molecule has 3 aromatic rings. The highest BCUT2D eigenvalue weighted by Crippen LogP contribution is 2.25. The number of aryl methyl sites for hydroxylation is 1. The molecule has 0 saturated carbocycles. The van der Waals surface area contributed by atoms with Crippen LogP contribution in [-0.2, 0) is 12.8 Å². The number of carbonyl (C=O) groups is 1. The molecule has 1 aliphatic carbocycles. The molecule has 1 unspecified atom stereocenters. The first kappa shape index (κ1) is 14.9. The molecule has 24 heavy (non-hydrogen) atoms. The molecule has 3 aromatic heterocycles. The monoisotopic (exact) mass is 325 g/mol. The number of nitrogens with one attached hydrogen (secondary N) is 1. The Kier molecular flexibility index (Phi) is 3.76. The van der Waals surface area contributed by atoms with Crippen molar-refractivity contribution in [1.82, 2.24) is 24.8 Å². The van der Waals surface area contributed by atoms with Crippen molar-refractivity contribution in [3.8, 4) is 0 Å². The van der Waals surface area contributed by atoms with E-state index in [-0.39, 0.29) is 11.9 Å². The van der Waals surface area contributed by atoms with Crippen molar-refractivity contribution in [2.45, 2.75) is 45.1 Å². The minimum Gasteiger partial charge on any atom is -0.360 e. The van der Waals surface area contributed by atoms with Crippen molar-refractivity contribution in [1.29, 1.82) is 0 Å². The first-order valence-electron chi connectivity index (χ1n) is 8.34. The molecule has 1 N–H and O–H groups in total. The molecular weight excluding hydrogens is 306 g/mol. The lowest BCUT2D eigenvalue weighted by atomic mass is 9.96. The molecular formula is C17H19N5O2. The number of carbonyl (C=O) groups excluding carboxylic acids is 1. The summed E-state index contributed by atoms with van der Waals surface area (Å²) in [5.41, 5.74) is 2.18. The van der Waals surface area contributed by atoms with E-state index in [0.717, 1.165) is 49.1 Å². The lowest BCUT2D eigenvalue weighted by Crippen LogP contribution is -2.29. The zero-order chi connectivity index (χ0) is 16.5. The number of imidazole rings is 1. The Morgan fingerprint density at radius 2 is 2.29 bits per heavy atom. The van der Waals surface area contributed by atoms with Crippen molar-refractivity contribution in [3.63, 3.8) is 0 Å². The third-order valence-corrected chi connectivity index (χ3v) is 4.49. The van der Waals surface area contributed by atoms with Crippen LogP contribution >= 0.6 is 0 Å². The van der Waals surface area contributed by atoms with Crippen molar-refractivity contribution in [2.24, 2.45) is 0 Å². The Balaban J connectivity index is 1.58. The molecule has 1 amide bonds. The molecule has 1 aliphatic rings. The molecule has 0 saturated heterocycles. The summed E-state index contributed by atoms with van der Waals surface area (Å²) in [6.45, 7) is 2.01. The SMILES string of the molecule is CCC(NC(=O)c1noc2c1CCCC2)c1cn2cccnc2n1. The molecule has 0 fully saturated rings. The zero-order valence-electron chi connectivity index (χ0n) is 13.5. The van der Waals surface area contributed by atoms with Crippen LogP contribution in [0.5, 0.6) is 0 Å². The molecule has 7 nitrogen and oxygen atoms in total. The normalized spacial score (nSPS) is 15.2. The summed E-state index contributed by atoms with van der Waals surface area (Å²) in [6, 6.07) is 1.66. The first-order chi connectivity index (χ1) is 11.8. The van der Waals surface area contributed by atoms with Gasteiger partial charge in [0.2, 0.25) is 5.78 Å². The van der Waals surface area contributed by atoms with Crippen molar-refractivity contribution in [3.05, 3.63) is 47.4 Å². The summed E-state index contributed by atoms with van der Waals surface area (Å²) < 4.78 is 7.19. The Morgan fingerprint density at radius 3 is 3.12 bits per heavy atom. The fourth-order valence-electron chi connectivity index (χ4n) is 3.19. The van der Waals surface area contributed by atoms with Crippen LogP contribution < -0.4 is 5.32 Å². The van der Waals surface area contributed by atoms with Gasteiger partial charge in [-0.15, -0.1) is 0 Å². The summed E-state index contributed by atoms with van der Waals surface area (Å²) >= 11 is 0.